The Morgan fingerprint density at radius 3 is 2.34 bits per heavy atom. The summed E-state index contributed by atoms with van der Waals surface area (Å²) < 4.78 is 56.0. The minimum Gasteiger partial charge on any atom is -0.265 e. The number of nitrogens with zero attached hydrogens (tertiary/aromatic N) is 3. The van der Waals surface area contributed by atoms with Gasteiger partial charge in [-0.3, -0.25) is 9.67 Å². The van der Waals surface area contributed by atoms with Crippen molar-refractivity contribution in [1.82, 2.24) is 19.5 Å². The third-order valence-corrected chi connectivity index (χ3v) is 6.40. The van der Waals surface area contributed by atoms with Crippen LogP contribution in [0.3, 0.4) is 0 Å². The first-order valence-electron chi connectivity index (χ1n) is 9.37. The predicted molar refractivity (Wildman–Crippen MR) is 103 cm³/mol. The Bertz CT molecular complexity index is 1090. The average molecular weight is 418 g/mol. The van der Waals surface area contributed by atoms with Crippen LogP contribution in [0.25, 0.3) is 11.3 Å². The molecule has 0 atom stereocenters. The van der Waals surface area contributed by atoms with Crippen molar-refractivity contribution in [2.75, 3.05) is 0 Å². The molecule has 0 amide bonds. The molecule has 0 radical (unpaired) electrons. The minimum atomic E-state index is -4.08. The lowest BCUT2D eigenvalue weighted by molar-refractivity contribution is 0.467. The van der Waals surface area contributed by atoms with Gasteiger partial charge in [0.2, 0.25) is 10.0 Å². The molecule has 0 spiro atoms. The van der Waals surface area contributed by atoms with Gasteiger partial charge in [0.25, 0.3) is 0 Å². The third kappa shape index (κ3) is 4.35. The first kappa shape index (κ1) is 19.7. The fourth-order valence-corrected chi connectivity index (χ4v) is 4.67. The van der Waals surface area contributed by atoms with E-state index in [0.717, 1.165) is 49.1 Å². The van der Waals surface area contributed by atoms with E-state index in [1.807, 2.05) is 22.9 Å². The van der Waals surface area contributed by atoms with Gasteiger partial charge in [-0.1, -0.05) is 12.8 Å². The molecule has 1 aromatic carbocycles. The van der Waals surface area contributed by atoms with Gasteiger partial charge in [-0.05, 0) is 43.2 Å². The number of hydrogen-bond acceptors (Lipinski definition) is 4. The van der Waals surface area contributed by atoms with Gasteiger partial charge < -0.3 is 0 Å². The smallest absolute Gasteiger partial charge is 0.241 e. The fraction of sp³-hybridized carbons (Fsp3) is 0.300. The number of hydrogen-bond donors (Lipinski definition) is 1. The maximum Gasteiger partial charge on any atom is 0.241 e. The minimum absolute atomic E-state index is 0.0851. The summed E-state index contributed by atoms with van der Waals surface area (Å²) in [6, 6.07) is 8.06. The normalized spacial score (nSPS) is 15.1. The number of aromatic nitrogens is 3. The van der Waals surface area contributed by atoms with Crippen molar-refractivity contribution in [2.24, 2.45) is 0 Å². The molecule has 1 saturated carbocycles. The lowest BCUT2D eigenvalue weighted by Gasteiger charge is -2.14. The highest BCUT2D eigenvalue weighted by atomic mass is 32.2. The lowest BCUT2D eigenvalue weighted by atomic mass is 10.1. The fourth-order valence-electron chi connectivity index (χ4n) is 3.63. The van der Waals surface area contributed by atoms with Crippen molar-refractivity contribution in [1.29, 1.82) is 0 Å². The maximum atomic E-state index is 13.4. The molecule has 29 heavy (non-hydrogen) atoms. The molecule has 1 aliphatic carbocycles. The second kappa shape index (κ2) is 8.00. The summed E-state index contributed by atoms with van der Waals surface area (Å²) in [6.07, 6.45) is 7.70. The summed E-state index contributed by atoms with van der Waals surface area (Å²) in [4.78, 5) is 3.58. The van der Waals surface area contributed by atoms with Crippen LogP contribution in [0, 0.1) is 11.6 Å². The van der Waals surface area contributed by atoms with E-state index < -0.39 is 26.6 Å². The van der Waals surface area contributed by atoms with Gasteiger partial charge in [-0.25, -0.2) is 21.9 Å². The Labute approximate surface area is 167 Å². The van der Waals surface area contributed by atoms with Crippen LogP contribution in [0.4, 0.5) is 8.78 Å². The average Bonchev–Trinajstić information content (AvgIpc) is 3.36. The van der Waals surface area contributed by atoms with E-state index in [2.05, 4.69) is 14.8 Å². The molecule has 0 bridgehead atoms. The van der Waals surface area contributed by atoms with Crippen LogP contribution < -0.4 is 4.72 Å². The Morgan fingerprint density at radius 2 is 1.69 bits per heavy atom. The number of pyridine rings is 1. The number of sulfonamides is 1. The Kier molecular flexibility index (Phi) is 5.42. The second-order valence-corrected chi connectivity index (χ2v) is 8.84. The Hall–Kier alpha value is -2.65. The summed E-state index contributed by atoms with van der Waals surface area (Å²) >= 11 is 0. The van der Waals surface area contributed by atoms with Crippen molar-refractivity contribution < 1.29 is 17.2 Å². The van der Waals surface area contributed by atoms with Gasteiger partial charge in [0.15, 0.2) is 0 Å². The molecule has 0 unspecified atom stereocenters. The zero-order valence-electron chi connectivity index (χ0n) is 15.6. The topological polar surface area (TPSA) is 76.9 Å². The van der Waals surface area contributed by atoms with Crippen molar-refractivity contribution in [3.05, 3.63) is 66.1 Å². The van der Waals surface area contributed by atoms with Gasteiger partial charge in [0.05, 0.1) is 28.9 Å². The summed E-state index contributed by atoms with van der Waals surface area (Å²) in [7, 11) is -4.08. The summed E-state index contributed by atoms with van der Waals surface area (Å²) in [5.41, 5.74) is 2.37. The monoisotopic (exact) mass is 418 g/mol. The van der Waals surface area contributed by atoms with Crippen LogP contribution >= 0.6 is 0 Å². The molecule has 1 aliphatic rings. The Morgan fingerprint density at radius 1 is 1.03 bits per heavy atom. The third-order valence-electron chi connectivity index (χ3n) is 5.02. The van der Waals surface area contributed by atoms with Crippen LogP contribution in [0.1, 0.15) is 37.4 Å². The van der Waals surface area contributed by atoms with Gasteiger partial charge in [-0.2, -0.15) is 5.10 Å². The second-order valence-electron chi connectivity index (χ2n) is 7.07. The van der Waals surface area contributed by atoms with Crippen LogP contribution in [0.2, 0.25) is 0 Å². The first-order valence-corrected chi connectivity index (χ1v) is 10.9. The molecule has 9 heteroatoms. The maximum absolute atomic E-state index is 13.4. The van der Waals surface area contributed by atoms with Crippen LogP contribution in [0.15, 0.2) is 53.7 Å². The molecular weight excluding hydrogens is 398 g/mol. The van der Waals surface area contributed by atoms with Crippen molar-refractivity contribution in [3.63, 3.8) is 0 Å². The van der Waals surface area contributed by atoms with Crippen molar-refractivity contribution >= 4 is 10.0 Å². The molecule has 152 valence electrons. The van der Waals surface area contributed by atoms with Crippen LogP contribution in [0.5, 0.6) is 0 Å². The molecule has 1 N–H and O–H groups in total. The molecule has 0 saturated heterocycles. The molecule has 2 heterocycles. The SMILES string of the molecule is O=S(=O)(NCc1cc(-c2ccncc2)n(C2CCCC2)n1)c1cc(F)cc(F)c1. The summed E-state index contributed by atoms with van der Waals surface area (Å²) in [5, 5.41) is 4.62. The highest BCUT2D eigenvalue weighted by Gasteiger charge is 2.23. The molecule has 0 aliphatic heterocycles. The number of halogens is 2. The van der Waals surface area contributed by atoms with Gasteiger partial charge in [-0.15, -0.1) is 0 Å². The van der Waals surface area contributed by atoms with Crippen molar-refractivity contribution in [2.45, 2.75) is 43.2 Å². The lowest BCUT2D eigenvalue weighted by Crippen LogP contribution is -2.24. The summed E-state index contributed by atoms with van der Waals surface area (Å²) in [6.45, 7) is -0.0851. The van der Waals surface area contributed by atoms with E-state index in [9.17, 15) is 17.2 Å². The highest BCUT2D eigenvalue weighted by molar-refractivity contribution is 7.89. The standard InChI is InChI=1S/C20H20F2N4O2S/c21-15-9-16(22)11-19(10-15)29(27,28)24-13-17-12-20(14-5-7-23-8-6-14)26(25-17)18-3-1-2-4-18/h5-12,18,24H,1-4,13H2. The van der Waals surface area contributed by atoms with E-state index in [0.29, 0.717) is 11.8 Å². The highest BCUT2D eigenvalue weighted by Crippen LogP contribution is 2.33. The number of nitrogens with one attached hydrogen (secondary N) is 1. The largest absolute Gasteiger partial charge is 0.265 e. The molecule has 4 rings (SSSR count). The van der Waals surface area contributed by atoms with E-state index in [1.54, 1.807) is 12.4 Å². The summed E-state index contributed by atoms with van der Waals surface area (Å²) in [5.74, 6) is -1.90. The number of rotatable bonds is 6. The molecule has 1 fully saturated rings. The molecular formula is C20H20F2N4O2S. The van der Waals surface area contributed by atoms with Crippen molar-refractivity contribution in [3.8, 4) is 11.3 Å². The first-order chi connectivity index (χ1) is 13.9. The zero-order chi connectivity index (χ0) is 20.4. The van der Waals surface area contributed by atoms with E-state index >= 15 is 0 Å². The van der Waals surface area contributed by atoms with E-state index in [4.69, 9.17) is 0 Å². The van der Waals surface area contributed by atoms with Gasteiger partial charge in [0, 0.05) is 24.0 Å². The molecule has 6 nitrogen and oxygen atoms in total. The zero-order valence-corrected chi connectivity index (χ0v) is 16.4. The van der Waals surface area contributed by atoms with E-state index in [-0.39, 0.29) is 12.6 Å². The molecule has 3 aromatic rings. The Balaban J connectivity index is 1.60. The van der Waals surface area contributed by atoms with Gasteiger partial charge >= 0.3 is 0 Å². The number of benzene rings is 1. The van der Waals surface area contributed by atoms with Crippen LogP contribution in [-0.4, -0.2) is 23.2 Å². The quantitative estimate of drug-likeness (QED) is 0.660. The van der Waals surface area contributed by atoms with Crippen LogP contribution in [-0.2, 0) is 16.6 Å². The van der Waals surface area contributed by atoms with E-state index in [1.165, 1.54) is 0 Å². The van der Waals surface area contributed by atoms with Gasteiger partial charge in [0.1, 0.15) is 11.6 Å². The predicted octanol–water partition coefficient (Wildman–Crippen LogP) is 3.82. The molecule has 2 aromatic heterocycles.